The van der Waals surface area contributed by atoms with Gasteiger partial charge in [0.15, 0.2) is 0 Å². The third-order valence-electron chi connectivity index (χ3n) is 5.14. The van der Waals surface area contributed by atoms with Gasteiger partial charge in [-0.25, -0.2) is 4.98 Å². The van der Waals surface area contributed by atoms with Crippen LogP contribution in [0.15, 0.2) is 12.4 Å². The lowest BCUT2D eigenvalue weighted by Gasteiger charge is -2.21. The maximum absolute atomic E-state index is 12.1. The van der Waals surface area contributed by atoms with E-state index in [0.29, 0.717) is 12.5 Å². The zero-order valence-corrected chi connectivity index (χ0v) is 16.0. The van der Waals surface area contributed by atoms with Crippen molar-refractivity contribution in [3.05, 3.63) is 18.2 Å². The highest BCUT2D eigenvalue weighted by Gasteiger charge is 2.43. The first-order valence-electron chi connectivity index (χ1n) is 9.01. The Balaban J connectivity index is 0.000000540. The molecule has 0 radical (unpaired) electrons. The predicted octanol–water partition coefficient (Wildman–Crippen LogP) is 0.974. The molecule has 1 aromatic heterocycles. The highest BCUT2D eigenvalue weighted by Crippen LogP contribution is 2.46. The summed E-state index contributed by atoms with van der Waals surface area (Å²) in [5.74, 6) is 1.27. The number of likely N-dealkylation sites (tertiary alicyclic amines) is 1. The number of carbonyl (C=O) groups is 3. The Bertz CT molecular complexity index is 594. The van der Waals surface area contributed by atoms with Crippen LogP contribution in [-0.4, -0.2) is 69.7 Å². The molecule has 9 nitrogen and oxygen atoms in total. The van der Waals surface area contributed by atoms with Gasteiger partial charge < -0.3 is 25.0 Å². The van der Waals surface area contributed by atoms with Crippen LogP contribution in [-0.2, 0) is 20.9 Å². The Morgan fingerprint density at radius 1 is 1.37 bits per heavy atom. The minimum atomic E-state index is -0.250. The molecule has 152 valence electrons. The number of hydrogen-bond acceptors (Lipinski definition) is 5. The standard InChI is InChI=1S/C16H26N4O.2CH2O2/c1-13-17-7-9-20(13)12-16(5-6-16)11-18-15(21)10-14-4-3-8-19(14)2;2*2-1-3/h7,9,14H,3-6,8,10-12H2,1-2H3,(H,18,21);2*1H,(H,2,3). The second-order valence-corrected chi connectivity index (χ2v) is 7.07. The minimum absolute atomic E-state index is 0.211. The summed E-state index contributed by atoms with van der Waals surface area (Å²) in [6, 6.07) is 0.441. The van der Waals surface area contributed by atoms with Crippen LogP contribution >= 0.6 is 0 Å². The van der Waals surface area contributed by atoms with Crippen molar-refractivity contribution in [2.24, 2.45) is 5.41 Å². The molecule has 1 amide bonds. The Kier molecular flexibility index (Phi) is 9.49. The second-order valence-electron chi connectivity index (χ2n) is 7.07. The van der Waals surface area contributed by atoms with Gasteiger partial charge in [0, 0.05) is 43.4 Å². The first kappa shape index (κ1) is 22.6. The molecule has 27 heavy (non-hydrogen) atoms. The lowest BCUT2D eigenvalue weighted by Crippen LogP contribution is -2.36. The number of amides is 1. The van der Waals surface area contributed by atoms with Gasteiger partial charge in [0.25, 0.3) is 12.9 Å². The molecule has 0 bridgehead atoms. The van der Waals surface area contributed by atoms with Crippen LogP contribution in [0.1, 0.15) is 37.9 Å². The molecule has 9 heteroatoms. The Labute approximate surface area is 159 Å². The molecule has 3 N–H and O–H groups in total. The van der Waals surface area contributed by atoms with Crippen molar-refractivity contribution in [1.82, 2.24) is 19.8 Å². The van der Waals surface area contributed by atoms with Crippen LogP contribution in [0.2, 0.25) is 0 Å². The topological polar surface area (TPSA) is 125 Å². The maximum Gasteiger partial charge on any atom is 0.290 e. The molecule has 1 saturated carbocycles. The summed E-state index contributed by atoms with van der Waals surface area (Å²) < 4.78 is 2.20. The number of nitrogens with zero attached hydrogens (tertiary/aromatic N) is 3. The zero-order chi connectivity index (χ0) is 20.3. The van der Waals surface area contributed by atoms with Crippen LogP contribution in [0, 0.1) is 12.3 Å². The summed E-state index contributed by atoms with van der Waals surface area (Å²) in [6.07, 6.45) is 9.31. The summed E-state index contributed by atoms with van der Waals surface area (Å²) in [5, 5.41) is 16.9. The van der Waals surface area contributed by atoms with Crippen LogP contribution in [0.4, 0.5) is 0 Å². The molecule has 1 aliphatic carbocycles. The van der Waals surface area contributed by atoms with Gasteiger partial charge in [-0.2, -0.15) is 0 Å². The van der Waals surface area contributed by atoms with Crippen molar-refractivity contribution in [3.8, 4) is 0 Å². The van der Waals surface area contributed by atoms with Crippen LogP contribution in [0.3, 0.4) is 0 Å². The maximum atomic E-state index is 12.1. The number of nitrogens with one attached hydrogen (secondary N) is 1. The number of hydrogen-bond donors (Lipinski definition) is 3. The summed E-state index contributed by atoms with van der Waals surface area (Å²) in [6.45, 7) is 4.44. The number of aryl methyl sites for hydroxylation is 1. The zero-order valence-electron chi connectivity index (χ0n) is 16.0. The molecule has 1 saturated heterocycles. The van der Waals surface area contributed by atoms with Gasteiger partial charge >= 0.3 is 0 Å². The number of aromatic nitrogens is 2. The van der Waals surface area contributed by atoms with Gasteiger partial charge in [-0.05, 0) is 46.2 Å². The summed E-state index contributed by atoms with van der Waals surface area (Å²) in [4.78, 5) is 35.4. The van der Waals surface area contributed by atoms with E-state index in [1.165, 1.54) is 19.3 Å². The fraction of sp³-hybridized carbons (Fsp3) is 0.667. The van der Waals surface area contributed by atoms with E-state index in [-0.39, 0.29) is 24.3 Å². The van der Waals surface area contributed by atoms with Gasteiger partial charge in [0.05, 0.1) is 0 Å². The van der Waals surface area contributed by atoms with E-state index in [1.54, 1.807) is 0 Å². The minimum Gasteiger partial charge on any atom is -0.483 e. The molecule has 0 aromatic carbocycles. The lowest BCUT2D eigenvalue weighted by atomic mass is 10.1. The van der Waals surface area contributed by atoms with Crippen molar-refractivity contribution in [1.29, 1.82) is 0 Å². The first-order valence-corrected chi connectivity index (χ1v) is 9.01. The van der Waals surface area contributed by atoms with Gasteiger partial charge in [0.2, 0.25) is 5.91 Å². The van der Waals surface area contributed by atoms with E-state index >= 15 is 0 Å². The van der Waals surface area contributed by atoms with Crippen molar-refractivity contribution >= 4 is 18.9 Å². The van der Waals surface area contributed by atoms with Crippen molar-refractivity contribution in [2.45, 2.75) is 51.6 Å². The number of rotatable bonds is 6. The average Bonchev–Trinajstić information content (AvgIpc) is 3.10. The third kappa shape index (κ3) is 7.78. The fourth-order valence-corrected chi connectivity index (χ4v) is 3.31. The van der Waals surface area contributed by atoms with E-state index in [1.807, 2.05) is 19.3 Å². The number of imidazole rings is 1. The van der Waals surface area contributed by atoms with E-state index in [9.17, 15) is 4.79 Å². The smallest absolute Gasteiger partial charge is 0.290 e. The fourth-order valence-electron chi connectivity index (χ4n) is 3.31. The van der Waals surface area contributed by atoms with E-state index < -0.39 is 0 Å². The summed E-state index contributed by atoms with van der Waals surface area (Å²) in [5.41, 5.74) is 0.267. The molecule has 2 heterocycles. The Morgan fingerprint density at radius 3 is 2.44 bits per heavy atom. The molecular weight excluding hydrogens is 352 g/mol. The monoisotopic (exact) mass is 382 g/mol. The molecule has 2 fully saturated rings. The third-order valence-corrected chi connectivity index (χ3v) is 5.14. The quantitative estimate of drug-likeness (QED) is 0.626. The van der Waals surface area contributed by atoms with E-state index in [4.69, 9.17) is 19.8 Å². The molecule has 1 aliphatic heterocycles. The number of carboxylic acid groups (broad SMARTS) is 2. The summed E-state index contributed by atoms with van der Waals surface area (Å²) >= 11 is 0. The van der Waals surface area contributed by atoms with Crippen molar-refractivity contribution < 1.29 is 24.6 Å². The Hall–Kier alpha value is -2.42. The summed E-state index contributed by atoms with van der Waals surface area (Å²) in [7, 11) is 2.12. The lowest BCUT2D eigenvalue weighted by molar-refractivity contribution is -0.123. The average molecular weight is 382 g/mol. The molecule has 2 aliphatic rings. The second kappa shape index (κ2) is 11.3. The highest BCUT2D eigenvalue weighted by molar-refractivity contribution is 5.76. The van der Waals surface area contributed by atoms with Gasteiger partial charge in [-0.15, -0.1) is 0 Å². The van der Waals surface area contributed by atoms with Gasteiger partial charge in [0.1, 0.15) is 5.82 Å². The van der Waals surface area contributed by atoms with Gasteiger partial charge in [-0.3, -0.25) is 14.4 Å². The van der Waals surface area contributed by atoms with Crippen LogP contribution in [0.5, 0.6) is 0 Å². The van der Waals surface area contributed by atoms with Crippen LogP contribution < -0.4 is 5.32 Å². The molecule has 1 unspecified atom stereocenters. The normalized spacial score (nSPS) is 19.7. The SMILES string of the molecule is Cc1nccn1CC1(CNC(=O)CC2CCCN2C)CC1.O=CO.O=CO. The van der Waals surface area contributed by atoms with Gasteiger partial charge in [-0.1, -0.05) is 0 Å². The van der Waals surface area contributed by atoms with Crippen LogP contribution in [0.25, 0.3) is 0 Å². The van der Waals surface area contributed by atoms with E-state index in [2.05, 4.69) is 26.8 Å². The van der Waals surface area contributed by atoms with Crippen molar-refractivity contribution in [3.63, 3.8) is 0 Å². The van der Waals surface area contributed by atoms with E-state index in [0.717, 1.165) is 31.9 Å². The first-order chi connectivity index (χ1) is 12.9. The molecule has 3 rings (SSSR count). The molecule has 1 atom stereocenters. The number of carbonyl (C=O) groups excluding carboxylic acids is 1. The predicted molar refractivity (Wildman–Crippen MR) is 99.3 cm³/mol. The van der Waals surface area contributed by atoms with Crippen molar-refractivity contribution in [2.75, 3.05) is 20.1 Å². The molecule has 1 aromatic rings. The molecular formula is C18H30N4O5. The Morgan fingerprint density at radius 2 is 2.00 bits per heavy atom. The molecule has 0 spiro atoms. The largest absolute Gasteiger partial charge is 0.483 e. The highest BCUT2D eigenvalue weighted by atomic mass is 16.3.